The molecular weight excluding hydrogens is 230 g/mol. The van der Waals surface area contributed by atoms with Crippen LogP contribution in [0.2, 0.25) is 0 Å². The second-order valence-electron chi connectivity index (χ2n) is 5.88. The molecule has 102 valence electrons. The lowest BCUT2D eigenvalue weighted by atomic mass is 9.93. The first-order chi connectivity index (χ1) is 8.20. The first kappa shape index (κ1) is 14.7. The monoisotopic (exact) mass is 253 g/mol. The lowest BCUT2D eigenvalue weighted by molar-refractivity contribution is -0.117. The Morgan fingerprint density at radius 3 is 2.56 bits per heavy atom. The summed E-state index contributed by atoms with van der Waals surface area (Å²) in [5.74, 6) is 1.15. The second-order valence-corrected chi connectivity index (χ2v) is 5.88. The van der Waals surface area contributed by atoms with Crippen molar-refractivity contribution < 1.29 is 9.32 Å². The molecule has 1 amide bonds. The molecule has 1 heterocycles. The minimum Gasteiger partial charge on any atom is -0.359 e. The van der Waals surface area contributed by atoms with Gasteiger partial charge in [0.1, 0.15) is 5.76 Å². The highest BCUT2D eigenvalue weighted by molar-refractivity contribution is 5.91. The molecule has 1 aromatic heterocycles. The van der Waals surface area contributed by atoms with E-state index in [0.717, 1.165) is 5.76 Å². The largest absolute Gasteiger partial charge is 0.359 e. The maximum atomic E-state index is 11.8. The molecule has 0 aliphatic carbocycles. The summed E-state index contributed by atoms with van der Waals surface area (Å²) < 4.78 is 5.20. The third-order valence-electron chi connectivity index (χ3n) is 2.79. The zero-order chi connectivity index (χ0) is 13.9. The van der Waals surface area contributed by atoms with Crippen LogP contribution in [0.4, 0.5) is 5.82 Å². The van der Waals surface area contributed by atoms with Crippen molar-refractivity contribution in [2.24, 2.45) is 0 Å². The van der Waals surface area contributed by atoms with E-state index in [9.17, 15) is 4.79 Å². The van der Waals surface area contributed by atoms with Crippen LogP contribution in [0.1, 0.15) is 40.4 Å². The predicted molar refractivity (Wildman–Crippen MR) is 71.6 cm³/mol. The van der Waals surface area contributed by atoms with Crippen molar-refractivity contribution in [3.8, 4) is 0 Å². The van der Waals surface area contributed by atoms with Crippen LogP contribution in [0.3, 0.4) is 0 Å². The number of rotatable bonds is 4. The van der Waals surface area contributed by atoms with Gasteiger partial charge in [-0.3, -0.25) is 9.69 Å². The smallest absolute Gasteiger partial charge is 0.239 e. The van der Waals surface area contributed by atoms with Gasteiger partial charge in [-0.05, 0) is 20.9 Å². The Balaban J connectivity index is 2.58. The number of carbonyl (C=O) groups excluding carboxylic acids is 1. The number of aromatic nitrogens is 1. The highest BCUT2D eigenvalue weighted by atomic mass is 16.5. The fourth-order valence-corrected chi connectivity index (χ4v) is 1.28. The Labute approximate surface area is 109 Å². The van der Waals surface area contributed by atoms with Crippen molar-refractivity contribution in [3.63, 3.8) is 0 Å². The summed E-state index contributed by atoms with van der Waals surface area (Å²) in [4.78, 5) is 13.7. The third kappa shape index (κ3) is 4.14. The van der Waals surface area contributed by atoms with Crippen molar-refractivity contribution in [2.45, 2.75) is 46.1 Å². The Morgan fingerprint density at radius 2 is 2.11 bits per heavy atom. The Bertz CT molecular complexity index is 405. The van der Waals surface area contributed by atoms with Crippen molar-refractivity contribution in [1.29, 1.82) is 0 Å². The molecule has 0 spiro atoms. The number of nitrogens with zero attached hydrogens (tertiary/aromatic N) is 2. The summed E-state index contributed by atoms with van der Waals surface area (Å²) in [5, 5.41) is 6.58. The summed E-state index contributed by atoms with van der Waals surface area (Å²) in [6, 6.07) is 2.10. The van der Waals surface area contributed by atoms with Gasteiger partial charge < -0.3 is 9.84 Å². The molecule has 1 rings (SSSR count). The number of likely N-dealkylation sites (N-methyl/N-ethyl adjacent to an activating group) is 1. The van der Waals surface area contributed by atoms with Gasteiger partial charge in [-0.2, -0.15) is 0 Å². The van der Waals surface area contributed by atoms with Gasteiger partial charge in [0.2, 0.25) is 5.91 Å². The van der Waals surface area contributed by atoms with Gasteiger partial charge in [-0.25, -0.2) is 0 Å². The van der Waals surface area contributed by atoms with Gasteiger partial charge in [0, 0.05) is 17.5 Å². The van der Waals surface area contributed by atoms with E-state index < -0.39 is 0 Å². The first-order valence-electron chi connectivity index (χ1n) is 6.17. The Kier molecular flexibility index (Phi) is 4.51. The molecule has 0 aromatic carbocycles. The fraction of sp³-hybridized carbons (Fsp3) is 0.692. The fourth-order valence-electron chi connectivity index (χ4n) is 1.28. The van der Waals surface area contributed by atoms with Gasteiger partial charge >= 0.3 is 0 Å². The standard InChI is InChI=1S/C13H23N3O2/c1-9(2)16(6)8-12(17)14-11-7-10(18-15-11)13(3,4)5/h7,9H,8H2,1-6H3,(H,14,15,17). The number of anilines is 1. The minimum atomic E-state index is -0.106. The van der Waals surface area contributed by atoms with E-state index in [4.69, 9.17) is 4.52 Å². The number of hydrogen-bond donors (Lipinski definition) is 1. The Hall–Kier alpha value is -1.36. The predicted octanol–water partition coefficient (Wildman–Crippen LogP) is 2.25. The summed E-state index contributed by atoms with van der Waals surface area (Å²) in [5.41, 5.74) is -0.106. The molecule has 0 unspecified atom stereocenters. The third-order valence-corrected chi connectivity index (χ3v) is 2.79. The molecule has 0 bridgehead atoms. The SMILES string of the molecule is CC(C)N(C)CC(=O)Nc1cc(C(C)(C)C)on1. The number of nitrogens with one attached hydrogen (secondary N) is 1. The lowest BCUT2D eigenvalue weighted by Crippen LogP contribution is -2.34. The molecule has 0 fully saturated rings. The molecule has 0 aliphatic rings. The van der Waals surface area contributed by atoms with Crippen molar-refractivity contribution >= 4 is 11.7 Å². The van der Waals surface area contributed by atoms with E-state index in [2.05, 4.69) is 10.5 Å². The topological polar surface area (TPSA) is 58.4 Å². The summed E-state index contributed by atoms with van der Waals surface area (Å²) in [7, 11) is 1.91. The van der Waals surface area contributed by atoms with Crippen LogP contribution in [0.5, 0.6) is 0 Å². The van der Waals surface area contributed by atoms with E-state index in [1.807, 2.05) is 46.6 Å². The molecule has 0 saturated carbocycles. The second kappa shape index (κ2) is 5.52. The van der Waals surface area contributed by atoms with Crippen LogP contribution in [-0.4, -0.2) is 35.6 Å². The average molecular weight is 253 g/mol. The van der Waals surface area contributed by atoms with Gasteiger partial charge in [-0.15, -0.1) is 0 Å². The Morgan fingerprint density at radius 1 is 1.50 bits per heavy atom. The average Bonchev–Trinajstić information content (AvgIpc) is 2.64. The summed E-state index contributed by atoms with van der Waals surface area (Å²) in [6.45, 7) is 10.5. The highest BCUT2D eigenvalue weighted by Crippen LogP contribution is 2.24. The molecule has 0 aliphatic heterocycles. The quantitative estimate of drug-likeness (QED) is 0.894. The summed E-state index contributed by atoms with van der Waals surface area (Å²) in [6.07, 6.45) is 0. The van der Waals surface area contributed by atoms with Gasteiger partial charge in [0.15, 0.2) is 5.82 Å². The van der Waals surface area contributed by atoms with Crippen LogP contribution < -0.4 is 5.32 Å². The number of hydrogen-bond acceptors (Lipinski definition) is 4. The van der Waals surface area contributed by atoms with Gasteiger partial charge in [0.25, 0.3) is 0 Å². The molecule has 1 aromatic rings. The first-order valence-corrected chi connectivity index (χ1v) is 6.17. The van der Waals surface area contributed by atoms with Crippen LogP contribution in [0.15, 0.2) is 10.6 Å². The van der Waals surface area contributed by atoms with Crippen molar-refractivity contribution in [2.75, 3.05) is 18.9 Å². The zero-order valence-electron chi connectivity index (χ0n) is 12.1. The van der Waals surface area contributed by atoms with Crippen LogP contribution in [-0.2, 0) is 10.2 Å². The molecule has 5 heteroatoms. The van der Waals surface area contributed by atoms with Gasteiger partial charge in [-0.1, -0.05) is 25.9 Å². The minimum absolute atomic E-state index is 0.0834. The summed E-state index contributed by atoms with van der Waals surface area (Å²) >= 11 is 0. The lowest BCUT2D eigenvalue weighted by Gasteiger charge is -2.19. The molecule has 0 radical (unpaired) electrons. The normalized spacial score (nSPS) is 12.2. The molecule has 0 saturated heterocycles. The molecule has 1 N–H and O–H groups in total. The van der Waals surface area contributed by atoms with E-state index >= 15 is 0 Å². The maximum absolute atomic E-state index is 11.8. The van der Waals surface area contributed by atoms with Crippen molar-refractivity contribution in [3.05, 3.63) is 11.8 Å². The number of carbonyl (C=O) groups is 1. The van der Waals surface area contributed by atoms with Crippen LogP contribution in [0.25, 0.3) is 0 Å². The molecule has 0 atom stereocenters. The molecule has 5 nitrogen and oxygen atoms in total. The highest BCUT2D eigenvalue weighted by Gasteiger charge is 2.20. The van der Waals surface area contributed by atoms with Crippen LogP contribution in [0, 0.1) is 0 Å². The maximum Gasteiger partial charge on any atom is 0.239 e. The van der Waals surface area contributed by atoms with E-state index in [1.165, 1.54) is 0 Å². The molecular formula is C13H23N3O2. The number of amides is 1. The van der Waals surface area contributed by atoms with Crippen LogP contribution >= 0.6 is 0 Å². The van der Waals surface area contributed by atoms with E-state index in [0.29, 0.717) is 18.4 Å². The molecule has 18 heavy (non-hydrogen) atoms. The van der Waals surface area contributed by atoms with E-state index in [1.54, 1.807) is 6.07 Å². The van der Waals surface area contributed by atoms with Crippen molar-refractivity contribution in [1.82, 2.24) is 10.1 Å². The zero-order valence-corrected chi connectivity index (χ0v) is 12.1. The van der Waals surface area contributed by atoms with E-state index in [-0.39, 0.29) is 11.3 Å². The van der Waals surface area contributed by atoms with Gasteiger partial charge in [0.05, 0.1) is 6.54 Å².